The third kappa shape index (κ3) is 3.07. The van der Waals surface area contributed by atoms with Gasteiger partial charge < -0.3 is 0 Å². The van der Waals surface area contributed by atoms with E-state index in [4.69, 9.17) is 0 Å². The van der Waals surface area contributed by atoms with Crippen LogP contribution >= 0.6 is 0 Å². The highest BCUT2D eigenvalue weighted by Crippen LogP contribution is 2.46. The molecule has 1 fully saturated rings. The summed E-state index contributed by atoms with van der Waals surface area (Å²) in [4.78, 5) is 6.34. The van der Waals surface area contributed by atoms with Gasteiger partial charge in [0.05, 0.1) is 16.3 Å². The van der Waals surface area contributed by atoms with Gasteiger partial charge in [0.2, 0.25) is 5.95 Å². The van der Waals surface area contributed by atoms with Crippen molar-refractivity contribution in [1.82, 2.24) is 19.7 Å². The Labute approximate surface area is 168 Å². The van der Waals surface area contributed by atoms with Gasteiger partial charge in [-0.3, -0.25) is 9.58 Å². The molecule has 1 aromatic carbocycles. The number of nitrogens with zero attached hydrogens (tertiary/aromatic N) is 4. The molecule has 2 aromatic heterocycles. The van der Waals surface area contributed by atoms with Crippen LogP contribution in [-0.2, 0) is 22.9 Å². The summed E-state index contributed by atoms with van der Waals surface area (Å²) in [5.74, 6) is -0.583. The number of hydrogen-bond donors (Lipinski definition) is 0. The van der Waals surface area contributed by atoms with Crippen LogP contribution in [0.1, 0.15) is 24.0 Å². The van der Waals surface area contributed by atoms with Crippen LogP contribution in [0.25, 0.3) is 11.1 Å². The molecule has 2 aliphatic heterocycles. The van der Waals surface area contributed by atoms with Gasteiger partial charge in [-0.1, -0.05) is 6.07 Å². The van der Waals surface area contributed by atoms with E-state index in [2.05, 4.69) is 15.0 Å². The highest BCUT2D eigenvalue weighted by molar-refractivity contribution is 7.92. The Balaban J connectivity index is 1.45. The maximum atomic E-state index is 13.1. The largest absolute Gasteiger partial charge is 0.297 e. The van der Waals surface area contributed by atoms with Gasteiger partial charge in [0.1, 0.15) is 0 Å². The van der Waals surface area contributed by atoms with Crippen LogP contribution in [0.4, 0.5) is 4.39 Å². The second kappa shape index (κ2) is 6.74. The zero-order valence-corrected chi connectivity index (χ0v) is 16.8. The molecule has 0 bridgehead atoms. The van der Waals surface area contributed by atoms with E-state index in [1.54, 1.807) is 18.2 Å². The first kappa shape index (κ1) is 18.4. The van der Waals surface area contributed by atoms with Gasteiger partial charge in [-0.2, -0.15) is 9.49 Å². The van der Waals surface area contributed by atoms with Crippen molar-refractivity contribution in [2.75, 3.05) is 13.1 Å². The minimum atomic E-state index is -3.35. The lowest BCUT2D eigenvalue weighted by atomic mass is 9.95. The summed E-state index contributed by atoms with van der Waals surface area (Å²) in [5.41, 5.74) is 3.59. The van der Waals surface area contributed by atoms with E-state index in [1.807, 2.05) is 30.1 Å². The standard InChI is InChI=1S/C21H21FN4O2S/c1-2-26-11-14(8-24-26)10-25-12-18-17-7-15(16-4-6-21(22)23-9-16)3-5-19(17)29(27,28)20(18)13-25/h3-9,11,18,20H,2,10,12-13H2,1H3. The average Bonchev–Trinajstić information content (AvgIpc) is 3.39. The summed E-state index contributed by atoms with van der Waals surface area (Å²) in [6, 6.07) is 8.39. The van der Waals surface area contributed by atoms with Gasteiger partial charge in [0, 0.05) is 55.6 Å². The van der Waals surface area contributed by atoms with Crippen LogP contribution in [0.5, 0.6) is 0 Å². The van der Waals surface area contributed by atoms with Crippen molar-refractivity contribution in [1.29, 1.82) is 0 Å². The van der Waals surface area contributed by atoms with Gasteiger partial charge >= 0.3 is 0 Å². The fourth-order valence-corrected chi connectivity index (χ4v) is 6.69. The number of pyridine rings is 1. The molecule has 0 aliphatic carbocycles. The minimum absolute atomic E-state index is 0.0513. The first-order valence-corrected chi connectivity index (χ1v) is 11.2. The predicted molar refractivity (Wildman–Crippen MR) is 107 cm³/mol. The molecule has 0 amide bonds. The third-order valence-corrected chi connectivity index (χ3v) is 8.19. The molecule has 29 heavy (non-hydrogen) atoms. The highest BCUT2D eigenvalue weighted by atomic mass is 32.2. The van der Waals surface area contributed by atoms with E-state index in [-0.39, 0.29) is 5.92 Å². The quantitative estimate of drug-likeness (QED) is 0.617. The fourth-order valence-electron chi connectivity index (χ4n) is 4.50. The molecule has 1 saturated heterocycles. The second-order valence-corrected chi connectivity index (χ2v) is 9.85. The normalized spacial score (nSPS) is 22.6. The number of benzene rings is 1. The number of rotatable bonds is 4. The number of aromatic nitrogens is 3. The maximum absolute atomic E-state index is 13.1. The number of hydrogen-bond acceptors (Lipinski definition) is 5. The number of aryl methyl sites for hydroxylation is 1. The van der Waals surface area contributed by atoms with Crippen molar-refractivity contribution in [2.45, 2.75) is 36.1 Å². The zero-order chi connectivity index (χ0) is 20.2. The average molecular weight is 412 g/mol. The molecule has 4 heterocycles. The summed E-state index contributed by atoms with van der Waals surface area (Å²) in [6.07, 6.45) is 5.33. The Morgan fingerprint density at radius 2 is 1.97 bits per heavy atom. The lowest BCUT2D eigenvalue weighted by molar-refractivity contribution is 0.325. The summed E-state index contributed by atoms with van der Waals surface area (Å²) in [5, 5.41) is 3.89. The van der Waals surface area contributed by atoms with Crippen molar-refractivity contribution in [3.8, 4) is 11.1 Å². The van der Waals surface area contributed by atoms with Gasteiger partial charge in [0.15, 0.2) is 9.84 Å². The van der Waals surface area contributed by atoms with Crippen LogP contribution < -0.4 is 0 Å². The molecule has 5 rings (SSSR count). The van der Waals surface area contributed by atoms with Gasteiger partial charge in [0.25, 0.3) is 0 Å². The predicted octanol–water partition coefficient (Wildman–Crippen LogP) is 2.86. The van der Waals surface area contributed by atoms with E-state index in [9.17, 15) is 12.8 Å². The number of halogens is 1. The van der Waals surface area contributed by atoms with E-state index in [1.165, 1.54) is 12.3 Å². The Bertz CT molecular complexity index is 1170. The van der Waals surface area contributed by atoms with Crippen molar-refractivity contribution in [3.05, 3.63) is 66.0 Å². The van der Waals surface area contributed by atoms with Crippen LogP contribution in [0, 0.1) is 5.95 Å². The molecular weight excluding hydrogens is 391 g/mol. The molecule has 2 unspecified atom stereocenters. The molecule has 0 spiro atoms. The number of fused-ring (bicyclic) bond motifs is 3. The van der Waals surface area contributed by atoms with Gasteiger partial charge in [-0.05, 0) is 42.3 Å². The molecule has 3 aromatic rings. The number of sulfone groups is 1. The Hall–Kier alpha value is -2.58. The topological polar surface area (TPSA) is 68.1 Å². The molecule has 0 N–H and O–H groups in total. The zero-order valence-electron chi connectivity index (χ0n) is 16.0. The smallest absolute Gasteiger partial charge is 0.212 e. The Morgan fingerprint density at radius 1 is 1.14 bits per heavy atom. The molecule has 150 valence electrons. The van der Waals surface area contributed by atoms with Crippen molar-refractivity contribution < 1.29 is 12.8 Å². The van der Waals surface area contributed by atoms with Crippen LogP contribution in [0.15, 0.2) is 53.8 Å². The molecule has 0 radical (unpaired) electrons. The van der Waals surface area contributed by atoms with Crippen LogP contribution in [-0.4, -0.2) is 46.4 Å². The lowest BCUT2D eigenvalue weighted by Crippen LogP contribution is -2.25. The highest BCUT2D eigenvalue weighted by Gasteiger charge is 2.50. The molecular formula is C21H21FN4O2S. The monoisotopic (exact) mass is 412 g/mol. The van der Waals surface area contributed by atoms with Gasteiger partial charge in [-0.15, -0.1) is 0 Å². The molecule has 6 nitrogen and oxygen atoms in total. The minimum Gasteiger partial charge on any atom is -0.297 e. The second-order valence-electron chi connectivity index (χ2n) is 7.71. The first-order chi connectivity index (χ1) is 14.0. The molecule has 2 aliphatic rings. The molecule has 0 saturated carbocycles. The van der Waals surface area contributed by atoms with E-state index < -0.39 is 21.0 Å². The van der Waals surface area contributed by atoms with Crippen LogP contribution in [0.3, 0.4) is 0 Å². The summed E-state index contributed by atoms with van der Waals surface area (Å²) in [6.45, 7) is 4.76. The van der Waals surface area contributed by atoms with Crippen molar-refractivity contribution in [3.63, 3.8) is 0 Å². The maximum Gasteiger partial charge on any atom is 0.212 e. The Morgan fingerprint density at radius 3 is 2.69 bits per heavy atom. The fraction of sp³-hybridized carbons (Fsp3) is 0.333. The first-order valence-electron chi connectivity index (χ1n) is 9.69. The van der Waals surface area contributed by atoms with Crippen molar-refractivity contribution in [2.24, 2.45) is 0 Å². The third-order valence-electron chi connectivity index (χ3n) is 5.93. The van der Waals surface area contributed by atoms with E-state index >= 15 is 0 Å². The van der Waals surface area contributed by atoms with Crippen molar-refractivity contribution >= 4 is 9.84 Å². The van der Waals surface area contributed by atoms with E-state index in [0.29, 0.717) is 24.5 Å². The SMILES string of the molecule is CCn1cc(CN2CC3c4cc(-c5ccc(F)nc5)ccc4S(=O)(=O)C3C2)cn1. The number of likely N-dealkylation sites (tertiary alicyclic amines) is 1. The summed E-state index contributed by atoms with van der Waals surface area (Å²) < 4.78 is 41.2. The summed E-state index contributed by atoms with van der Waals surface area (Å²) in [7, 11) is -3.35. The van der Waals surface area contributed by atoms with Crippen LogP contribution in [0.2, 0.25) is 0 Å². The molecule has 2 atom stereocenters. The summed E-state index contributed by atoms with van der Waals surface area (Å²) >= 11 is 0. The Kier molecular flexibility index (Phi) is 4.29. The lowest BCUT2D eigenvalue weighted by Gasteiger charge is -2.16. The van der Waals surface area contributed by atoms with E-state index in [0.717, 1.165) is 28.8 Å². The molecule has 8 heteroatoms. The van der Waals surface area contributed by atoms with Gasteiger partial charge in [-0.25, -0.2) is 13.4 Å².